The smallest absolute Gasteiger partial charge is 0.257 e. The van der Waals surface area contributed by atoms with E-state index in [1.54, 1.807) is 23.1 Å². The third-order valence-corrected chi connectivity index (χ3v) is 3.10. The summed E-state index contributed by atoms with van der Waals surface area (Å²) in [6.07, 6.45) is 4.50. The Labute approximate surface area is 102 Å². The highest BCUT2D eigenvalue weighted by Crippen LogP contribution is 2.17. The van der Waals surface area contributed by atoms with Gasteiger partial charge in [0.25, 0.3) is 5.91 Å². The first-order valence-electron chi connectivity index (χ1n) is 5.59. The number of likely N-dealkylation sites (tertiary alicyclic amines) is 1. The van der Waals surface area contributed by atoms with Crippen LogP contribution in [0, 0.1) is 0 Å². The van der Waals surface area contributed by atoms with Gasteiger partial charge in [0.15, 0.2) is 0 Å². The van der Waals surface area contributed by atoms with Crippen molar-refractivity contribution in [3.63, 3.8) is 0 Å². The zero-order valence-electron chi connectivity index (χ0n) is 9.47. The van der Waals surface area contributed by atoms with Crippen molar-refractivity contribution in [2.75, 3.05) is 13.1 Å². The van der Waals surface area contributed by atoms with Crippen LogP contribution in [0.2, 0.25) is 0 Å². The molecule has 0 aliphatic carbocycles. The van der Waals surface area contributed by atoms with Crippen molar-refractivity contribution in [1.29, 1.82) is 0 Å². The van der Waals surface area contributed by atoms with Gasteiger partial charge in [-0.05, 0) is 0 Å². The molecule has 0 spiro atoms. The monoisotopic (exact) mass is 248 g/mol. The average Bonchev–Trinajstić information content (AvgIpc) is 2.93. The lowest BCUT2D eigenvalue weighted by Gasteiger charge is -2.14. The molecular formula is C11H12N4O3. The first kappa shape index (κ1) is 11.1. The minimum atomic E-state index is -0.881. The van der Waals surface area contributed by atoms with Crippen LogP contribution in [0.1, 0.15) is 10.4 Å². The Morgan fingerprint density at radius 3 is 2.72 bits per heavy atom. The molecule has 94 valence electrons. The van der Waals surface area contributed by atoms with Gasteiger partial charge in [0.05, 0.1) is 35.7 Å². The van der Waals surface area contributed by atoms with E-state index in [1.807, 2.05) is 0 Å². The Morgan fingerprint density at radius 2 is 2.00 bits per heavy atom. The molecule has 0 aromatic carbocycles. The molecule has 7 nitrogen and oxygen atoms in total. The lowest BCUT2D eigenvalue weighted by atomic mass is 10.2. The Balaban J connectivity index is 1.93. The van der Waals surface area contributed by atoms with Crippen LogP contribution in [-0.2, 0) is 0 Å². The maximum absolute atomic E-state index is 12.2. The number of amides is 1. The van der Waals surface area contributed by atoms with Gasteiger partial charge >= 0.3 is 0 Å². The second kappa shape index (κ2) is 4.04. The van der Waals surface area contributed by atoms with Crippen LogP contribution >= 0.6 is 0 Å². The number of hydrogen-bond donors (Lipinski definition) is 2. The van der Waals surface area contributed by atoms with Crippen molar-refractivity contribution in [2.24, 2.45) is 0 Å². The number of aliphatic hydroxyl groups excluding tert-OH is 2. The average molecular weight is 248 g/mol. The fourth-order valence-electron chi connectivity index (χ4n) is 2.10. The van der Waals surface area contributed by atoms with E-state index in [1.165, 1.54) is 11.1 Å². The molecule has 1 amide bonds. The van der Waals surface area contributed by atoms with E-state index >= 15 is 0 Å². The van der Waals surface area contributed by atoms with E-state index in [0.717, 1.165) is 0 Å². The summed E-state index contributed by atoms with van der Waals surface area (Å²) in [4.78, 5) is 17.6. The summed E-state index contributed by atoms with van der Waals surface area (Å²) < 4.78 is 1.56. The maximum Gasteiger partial charge on any atom is 0.257 e. The third-order valence-electron chi connectivity index (χ3n) is 3.10. The zero-order valence-corrected chi connectivity index (χ0v) is 9.47. The molecule has 1 aliphatic rings. The van der Waals surface area contributed by atoms with Crippen LogP contribution in [-0.4, -0.2) is 60.9 Å². The number of β-amino-alcohol motifs (C(OH)–C–C–N with tert-alkyl or cyclic N) is 2. The van der Waals surface area contributed by atoms with E-state index < -0.39 is 12.2 Å². The molecule has 0 radical (unpaired) electrons. The molecule has 1 aliphatic heterocycles. The number of fused-ring (bicyclic) bond motifs is 1. The van der Waals surface area contributed by atoms with Crippen molar-refractivity contribution in [3.8, 4) is 0 Å². The molecule has 0 saturated carbocycles. The van der Waals surface area contributed by atoms with Gasteiger partial charge < -0.3 is 15.1 Å². The van der Waals surface area contributed by atoms with E-state index in [2.05, 4.69) is 10.1 Å². The van der Waals surface area contributed by atoms with Gasteiger partial charge in [0.2, 0.25) is 0 Å². The van der Waals surface area contributed by atoms with Crippen LogP contribution in [0.15, 0.2) is 24.8 Å². The van der Waals surface area contributed by atoms with Crippen LogP contribution in [0.3, 0.4) is 0 Å². The summed E-state index contributed by atoms with van der Waals surface area (Å²) >= 11 is 0. The number of rotatable bonds is 1. The number of hydrogen-bond acceptors (Lipinski definition) is 5. The largest absolute Gasteiger partial charge is 0.388 e. The fraction of sp³-hybridized carbons (Fsp3) is 0.364. The Kier molecular flexibility index (Phi) is 2.49. The van der Waals surface area contributed by atoms with E-state index in [0.29, 0.717) is 11.1 Å². The van der Waals surface area contributed by atoms with Gasteiger partial charge in [-0.15, -0.1) is 0 Å². The van der Waals surface area contributed by atoms with Crippen molar-refractivity contribution in [1.82, 2.24) is 19.5 Å². The third kappa shape index (κ3) is 1.64. The molecule has 3 heterocycles. The first-order chi connectivity index (χ1) is 8.66. The molecule has 1 saturated heterocycles. The SMILES string of the molecule is O=C(c1cnn2ccncc12)N1C[C@@H](O)[C@@H](O)C1. The Bertz CT molecular complexity index is 587. The standard InChI is InChI=1S/C11H12N4O3/c16-9-5-14(6-10(9)17)11(18)7-3-13-15-2-1-12-4-8(7)15/h1-4,9-10,16-17H,5-6H2/t9-,10+. The van der Waals surface area contributed by atoms with Crippen molar-refractivity contribution < 1.29 is 15.0 Å². The topological polar surface area (TPSA) is 91.0 Å². The van der Waals surface area contributed by atoms with Crippen molar-refractivity contribution in [3.05, 3.63) is 30.4 Å². The van der Waals surface area contributed by atoms with Gasteiger partial charge in [0.1, 0.15) is 0 Å². The molecule has 0 unspecified atom stereocenters. The van der Waals surface area contributed by atoms with Crippen molar-refractivity contribution in [2.45, 2.75) is 12.2 Å². The Hall–Kier alpha value is -1.99. The molecule has 18 heavy (non-hydrogen) atoms. The van der Waals surface area contributed by atoms with Gasteiger partial charge in [-0.3, -0.25) is 9.78 Å². The minimum absolute atomic E-state index is 0.137. The normalized spacial score (nSPS) is 23.8. The predicted molar refractivity (Wildman–Crippen MR) is 60.9 cm³/mol. The van der Waals surface area contributed by atoms with Gasteiger partial charge in [0, 0.05) is 25.5 Å². The van der Waals surface area contributed by atoms with Gasteiger partial charge in [-0.2, -0.15) is 5.10 Å². The molecule has 3 rings (SSSR count). The van der Waals surface area contributed by atoms with E-state index in [4.69, 9.17) is 0 Å². The predicted octanol–water partition coefficient (Wildman–Crippen LogP) is -1.09. The first-order valence-corrected chi connectivity index (χ1v) is 5.59. The number of nitrogens with zero attached hydrogens (tertiary/aromatic N) is 4. The molecule has 7 heteroatoms. The lowest BCUT2D eigenvalue weighted by Crippen LogP contribution is -2.29. The lowest BCUT2D eigenvalue weighted by molar-refractivity contribution is 0.0572. The number of carbonyl (C=O) groups is 1. The molecule has 2 aromatic rings. The summed E-state index contributed by atoms with van der Waals surface area (Å²) in [5.41, 5.74) is 1.03. The summed E-state index contributed by atoms with van der Waals surface area (Å²) in [7, 11) is 0. The second-order valence-corrected chi connectivity index (χ2v) is 4.31. The fourth-order valence-corrected chi connectivity index (χ4v) is 2.10. The minimum Gasteiger partial charge on any atom is -0.388 e. The molecular weight excluding hydrogens is 236 g/mol. The van der Waals surface area contributed by atoms with Crippen LogP contribution < -0.4 is 0 Å². The highest BCUT2D eigenvalue weighted by Gasteiger charge is 2.33. The summed E-state index contributed by atoms with van der Waals surface area (Å²) in [6, 6.07) is 0. The van der Waals surface area contributed by atoms with Gasteiger partial charge in [-0.25, -0.2) is 4.52 Å². The zero-order chi connectivity index (χ0) is 12.7. The molecule has 2 atom stereocenters. The van der Waals surface area contributed by atoms with E-state index in [-0.39, 0.29) is 19.0 Å². The highest BCUT2D eigenvalue weighted by molar-refractivity contribution is 6.00. The van der Waals surface area contributed by atoms with Crippen LogP contribution in [0.25, 0.3) is 5.52 Å². The second-order valence-electron chi connectivity index (χ2n) is 4.31. The summed E-state index contributed by atoms with van der Waals surface area (Å²) in [5.74, 6) is -0.256. The van der Waals surface area contributed by atoms with Crippen molar-refractivity contribution >= 4 is 11.4 Å². The highest BCUT2D eigenvalue weighted by atomic mass is 16.3. The van der Waals surface area contributed by atoms with Crippen LogP contribution in [0.5, 0.6) is 0 Å². The number of carbonyl (C=O) groups excluding carboxylic acids is 1. The number of aliphatic hydroxyl groups is 2. The maximum atomic E-state index is 12.2. The summed E-state index contributed by atoms with van der Waals surface area (Å²) in [6.45, 7) is 0.273. The molecule has 2 aromatic heterocycles. The molecule has 2 N–H and O–H groups in total. The summed E-state index contributed by atoms with van der Waals surface area (Å²) in [5, 5.41) is 23.0. The Morgan fingerprint density at radius 1 is 1.28 bits per heavy atom. The van der Waals surface area contributed by atoms with Gasteiger partial charge in [-0.1, -0.05) is 0 Å². The molecule has 1 fully saturated rings. The molecule has 0 bridgehead atoms. The van der Waals surface area contributed by atoms with E-state index in [9.17, 15) is 15.0 Å². The number of aromatic nitrogens is 3. The quantitative estimate of drug-likeness (QED) is 0.669. The van der Waals surface area contributed by atoms with Crippen LogP contribution in [0.4, 0.5) is 0 Å².